The second-order valence-electron chi connectivity index (χ2n) is 5.01. The molecule has 98 valence electrons. The van der Waals surface area contributed by atoms with E-state index in [0.29, 0.717) is 0 Å². The number of aliphatic carboxylic acids is 1. The summed E-state index contributed by atoms with van der Waals surface area (Å²) in [5.74, 6) is -2.32. The molecule has 1 aromatic heterocycles. The van der Waals surface area contributed by atoms with Gasteiger partial charge >= 0.3 is 17.2 Å². The Hall–Kier alpha value is -2.18. The van der Waals surface area contributed by atoms with Crippen molar-refractivity contribution < 1.29 is 14.8 Å². The van der Waals surface area contributed by atoms with E-state index in [9.17, 15) is 24.8 Å². The van der Waals surface area contributed by atoms with Crippen LogP contribution in [0.5, 0.6) is 0 Å². The van der Waals surface area contributed by atoms with E-state index in [1.165, 1.54) is 12.3 Å². The molecule has 0 aliphatic heterocycles. The van der Waals surface area contributed by atoms with E-state index in [1.807, 2.05) is 0 Å². The van der Waals surface area contributed by atoms with Crippen LogP contribution in [0.1, 0.15) is 32.3 Å². The fourth-order valence-electron chi connectivity index (χ4n) is 1.88. The van der Waals surface area contributed by atoms with Gasteiger partial charge in [-0.15, -0.1) is 0 Å². The van der Waals surface area contributed by atoms with Crippen LogP contribution in [-0.2, 0) is 4.79 Å². The van der Waals surface area contributed by atoms with Gasteiger partial charge in [0.2, 0.25) is 0 Å². The van der Waals surface area contributed by atoms with Crippen molar-refractivity contribution in [3.05, 3.63) is 38.3 Å². The number of aromatic amines is 1. The standard InChI is InChI=1S/C11H14N2O5/c1-11(2,3)7(10(15)16)6-4-5-12-9(14)8(6)13(17)18/h4-5,7H,1-3H3,(H,12,14)(H,15,16). The van der Waals surface area contributed by atoms with Crippen LogP contribution in [0, 0.1) is 15.5 Å². The summed E-state index contributed by atoms with van der Waals surface area (Å²) in [6, 6.07) is 1.27. The summed E-state index contributed by atoms with van der Waals surface area (Å²) in [7, 11) is 0. The van der Waals surface area contributed by atoms with Gasteiger partial charge in [0.15, 0.2) is 0 Å². The Morgan fingerprint density at radius 1 is 1.50 bits per heavy atom. The molecule has 18 heavy (non-hydrogen) atoms. The highest BCUT2D eigenvalue weighted by molar-refractivity contribution is 5.78. The van der Waals surface area contributed by atoms with Gasteiger partial charge in [-0.1, -0.05) is 20.8 Å². The zero-order valence-corrected chi connectivity index (χ0v) is 10.3. The third kappa shape index (κ3) is 2.55. The number of nitrogens with one attached hydrogen (secondary N) is 1. The van der Waals surface area contributed by atoms with E-state index in [2.05, 4.69) is 4.98 Å². The van der Waals surface area contributed by atoms with Gasteiger partial charge in [0.1, 0.15) is 0 Å². The van der Waals surface area contributed by atoms with Crippen molar-refractivity contribution in [2.75, 3.05) is 0 Å². The van der Waals surface area contributed by atoms with Crippen molar-refractivity contribution >= 4 is 11.7 Å². The third-order valence-electron chi connectivity index (χ3n) is 2.57. The van der Waals surface area contributed by atoms with E-state index < -0.39 is 33.5 Å². The predicted octanol–water partition coefficient (Wildman–Crippen LogP) is 1.50. The third-order valence-corrected chi connectivity index (χ3v) is 2.57. The topological polar surface area (TPSA) is 113 Å². The van der Waals surface area contributed by atoms with E-state index in [0.717, 1.165) is 0 Å². The van der Waals surface area contributed by atoms with Crippen LogP contribution in [0.3, 0.4) is 0 Å². The van der Waals surface area contributed by atoms with Gasteiger partial charge < -0.3 is 10.1 Å². The molecule has 1 rings (SSSR count). The van der Waals surface area contributed by atoms with E-state index >= 15 is 0 Å². The normalized spacial score (nSPS) is 13.1. The lowest BCUT2D eigenvalue weighted by atomic mass is 9.76. The number of pyridine rings is 1. The molecule has 7 heteroatoms. The number of nitrogens with zero attached hydrogens (tertiary/aromatic N) is 1. The highest BCUT2D eigenvalue weighted by Crippen LogP contribution is 2.37. The lowest BCUT2D eigenvalue weighted by Crippen LogP contribution is -2.29. The van der Waals surface area contributed by atoms with Crippen molar-refractivity contribution in [1.82, 2.24) is 4.98 Å². The lowest BCUT2D eigenvalue weighted by Gasteiger charge is -2.26. The van der Waals surface area contributed by atoms with Gasteiger partial charge in [0, 0.05) is 6.20 Å². The Kier molecular flexibility index (Phi) is 3.54. The van der Waals surface area contributed by atoms with Gasteiger partial charge in [0.05, 0.1) is 16.4 Å². The summed E-state index contributed by atoms with van der Waals surface area (Å²) < 4.78 is 0. The molecule has 2 N–H and O–H groups in total. The van der Waals surface area contributed by atoms with Crippen LogP contribution < -0.4 is 5.56 Å². The maximum absolute atomic E-state index is 11.4. The highest BCUT2D eigenvalue weighted by atomic mass is 16.6. The first kappa shape index (κ1) is 13.9. The van der Waals surface area contributed by atoms with Crippen LogP contribution in [0.4, 0.5) is 5.69 Å². The minimum Gasteiger partial charge on any atom is -0.481 e. The molecule has 0 amide bonds. The zero-order valence-electron chi connectivity index (χ0n) is 10.3. The van der Waals surface area contributed by atoms with Gasteiger partial charge in [-0.25, -0.2) is 0 Å². The first-order chi connectivity index (χ1) is 8.16. The molecule has 1 atom stereocenters. The second-order valence-corrected chi connectivity index (χ2v) is 5.01. The minimum atomic E-state index is -1.20. The Bertz CT molecular complexity index is 541. The molecule has 0 aliphatic rings. The van der Waals surface area contributed by atoms with Crippen LogP contribution in [0.2, 0.25) is 0 Å². The second kappa shape index (κ2) is 4.59. The molecule has 1 aromatic rings. The summed E-state index contributed by atoms with van der Waals surface area (Å²) in [6.07, 6.45) is 1.21. The van der Waals surface area contributed by atoms with Gasteiger partial charge in [-0.2, -0.15) is 0 Å². The van der Waals surface area contributed by atoms with Crippen molar-refractivity contribution in [3.8, 4) is 0 Å². The van der Waals surface area contributed by atoms with Crippen LogP contribution in [0.15, 0.2) is 17.1 Å². The molecule has 0 aromatic carbocycles. The summed E-state index contributed by atoms with van der Waals surface area (Å²) >= 11 is 0. The van der Waals surface area contributed by atoms with Gasteiger partial charge in [-0.3, -0.25) is 19.7 Å². The quantitative estimate of drug-likeness (QED) is 0.626. The zero-order chi connectivity index (χ0) is 14.1. The minimum absolute atomic E-state index is 0.0799. The number of nitro groups is 1. The van der Waals surface area contributed by atoms with Crippen LogP contribution in [-0.4, -0.2) is 21.0 Å². The summed E-state index contributed by atoms with van der Waals surface area (Å²) in [6.45, 7) is 4.95. The van der Waals surface area contributed by atoms with E-state index in [4.69, 9.17) is 0 Å². The average Bonchev–Trinajstić information content (AvgIpc) is 2.13. The van der Waals surface area contributed by atoms with Crippen LogP contribution in [0.25, 0.3) is 0 Å². The monoisotopic (exact) mass is 254 g/mol. The van der Waals surface area contributed by atoms with Crippen molar-refractivity contribution in [3.63, 3.8) is 0 Å². The Morgan fingerprint density at radius 2 is 2.06 bits per heavy atom. The number of rotatable bonds is 3. The summed E-state index contributed by atoms with van der Waals surface area (Å²) in [5.41, 5.74) is -2.43. The first-order valence-corrected chi connectivity index (χ1v) is 5.25. The number of aromatic nitrogens is 1. The molecule has 1 heterocycles. The highest BCUT2D eigenvalue weighted by Gasteiger charge is 2.38. The largest absolute Gasteiger partial charge is 0.481 e. The molecule has 0 fully saturated rings. The number of carboxylic acids is 1. The number of carboxylic acid groups (broad SMARTS) is 1. The Labute approximate surface area is 103 Å². The SMILES string of the molecule is CC(C)(C)C(C(=O)O)c1cc[nH]c(=O)c1[N+](=O)[O-]. The fourth-order valence-corrected chi connectivity index (χ4v) is 1.88. The fraction of sp³-hybridized carbons (Fsp3) is 0.455. The Morgan fingerprint density at radius 3 is 2.44 bits per heavy atom. The van der Waals surface area contributed by atoms with E-state index in [-0.39, 0.29) is 5.56 Å². The summed E-state index contributed by atoms with van der Waals surface area (Å²) in [5, 5.41) is 20.1. The average molecular weight is 254 g/mol. The van der Waals surface area contributed by atoms with E-state index in [1.54, 1.807) is 20.8 Å². The van der Waals surface area contributed by atoms with Gasteiger partial charge in [0.25, 0.3) is 0 Å². The maximum Gasteiger partial charge on any atom is 0.337 e. The number of carbonyl (C=O) groups is 1. The molecule has 0 aliphatic carbocycles. The number of hydrogen-bond donors (Lipinski definition) is 2. The molecular weight excluding hydrogens is 240 g/mol. The predicted molar refractivity (Wildman–Crippen MR) is 63.5 cm³/mol. The van der Waals surface area contributed by atoms with Crippen LogP contribution >= 0.6 is 0 Å². The van der Waals surface area contributed by atoms with Crippen molar-refractivity contribution in [1.29, 1.82) is 0 Å². The molecule has 0 saturated heterocycles. The number of H-pyrrole nitrogens is 1. The Balaban J connectivity index is 3.57. The molecule has 0 saturated carbocycles. The van der Waals surface area contributed by atoms with Gasteiger partial charge in [-0.05, 0) is 11.5 Å². The van der Waals surface area contributed by atoms with Crippen molar-refractivity contribution in [2.24, 2.45) is 5.41 Å². The number of hydrogen-bond acceptors (Lipinski definition) is 4. The summed E-state index contributed by atoms with van der Waals surface area (Å²) in [4.78, 5) is 35.0. The maximum atomic E-state index is 11.4. The molecular formula is C11H14N2O5. The molecule has 7 nitrogen and oxygen atoms in total. The lowest BCUT2D eigenvalue weighted by molar-refractivity contribution is -0.387. The first-order valence-electron chi connectivity index (χ1n) is 5.25. The molecule has 0 bridgehead atoms. The molecule has 1 unspecified atom stereocenters. The van der Waals surface area contributed by atoms with Crippen molar-refractivity contribution in [2.45, 2.75) is 26.7 Å². The molecule has 0 spiro atoms. The molecule has 0 radical (unpaired) electrons. The smallest absolute Gasteiger partial charge is 0.337 e.